The van der Waals surface area contributed by atoms with E-state index in [0.29, 0.717) is 32.1 Å². The molecule has 0 aromatic heterocycles. The van der Waals surface area contributed by atoms with E-state index in [2.05, 4.69) is 11.9 Å². The SMILES string of the molecule is C=CCCC(O)C/C=C/CCC(O)CCCC(=O)NCCO. The van der Waals surface area contributed by atoms with Crippen LogP contribution in [0.2, 0.25) is 0 Å². The van der Waals surface area contributed by atoms with Gasteiger partial charge < -0.3 is 20.6 Å². The Bertz CT molecular complexity index is 318. The first-order valence-electron chi connectivity index (χ1n) is 8.09. The molecule has 0 fully saturated rings. The third-order valence-corrected chi connectivity index (χ3v) is 3.32. The Morgan fingerprint density at radius 1 is 1.09 bits per heavy atom. The van der Waals surface area contributed by atoms with Crippen LogP contribution in [-0.2, 0) is 4.79 Å². The van der Waals surface area contributed by atoms with Crippen LogP contribution in [0, 0.1) is 0 Å². The Balaban J connectivity index is 3.54. The van der Waals surface area contributed by atoms with Crippen molar-refractivity contribution >= 4 is 5.91 Å². The fourth-order valence-electron chi connectivity index (χ4n) is 2.01. The zero-order valence-corrected chi connectivity index (χ0v) is 13.4. The molecular formula is C17H31NO4. The number of rotatable bonds is 14. The molecule has 128 valence electrons. The van der Waals surface area contributed by atoms with Crippen LogP contribution >= 0.6 is 0 Å². The van der Waals surface area contributed by atoms with E-state index in [4.69, 9.17) is 5.11 Å². The number of allylic oxidation sites excluding steroid dienone is 2. The number of aliphatic hydroxyl groups excluding tert-OH is 3. The zero-order valence-electron chi connectivity index (χ0n) is 13.4. The molecule has 0 heterocycles. The van der Waals surface area contributed by atoms with Gasteiger partial charge in [-0.15, -0.1) is 6.58 Å². The highest BCUT2D eigenvalue weighted by molar-refractivity contribution is 5.75. The lowest BCUT2D eigenvalue weighted by Crippen LogP contribution is -2.26. The lowest BCUT2D eigenvalue weighted by molar-refractivity contribution is -0.121. The van der Waals surface area contributed by atoms with E-state index in [1.165, 1.54) is 0 Å². The highest BCUT2D eigenvalue weighted by Gasteiger charge is 2.05. The molecule has 0 aromatic rings. The molecule has 0 saturated carbocycles. The largest absolute Gasteiger partial charge is 0.395 e. The second-order valence-electron chi connectivity index (χ2n) is 5.42. The minimum Gasteiger partial charge on any atom is -0.395 e. The van der Waals surface area contributed by atoms with Crippen molar-refractivity contribution < 1.29 is 20.1 Å². The fraction of sp³-hybridized carbons (Fsp3) is 0.706. The van der Waals surface area contributed by atoms with Crippen molar-refractivity contribution in [2.24, 2.45) is 0 Å². The Morgan fingerprint density at radius 2 is 1.82 bits per heavy atom. The van der Waals surface area contributed by atoms with Crippen molar-refractivity contribution in [3.8, 4) is 0 Å². The maximum atomic E-state index is 11.3. The summed E-state index contributed by atoms with van der Waals surface area (Å²) in [6, 6.07) is 0. The van der Waals surface area contributed by atoms with Gasteiger partial charge in [0.05, 0.1) is 18.8 Å². The molecule has 1 amide bonds. The summed E-state index contributed by atoms with van der Waals surface area (Å²) < 4.78 is 0. The summed E-state index contributed by atoms with van der Waals surface area (Å²) in [5.74, 6) is -0.0883. The molecule has 0 aliphatic carbocycles. The summed E-state index contributed by atoms with van der Waals surface area (Å²) in [4.78, 5) is 11.3. The highest BCUT2D eigenvalue weighted by Crippen LogP contribution is 2.09. The maximum Gasteiger partial charge on any atom is 0.220 e. The summed E-state index contributed by atoms with van der Waals surface area (Å²) in [5, 5.41) is 30.6. The quantitative estimate of drug-likeness (QED) is 0.367. The summed E-state index contributed by atoms with van der Waals surface area (Å²) >= 11 is 0. The molecule has 0 radical (unpaired) electrons. The molecular weight excluding hydrogens is 282 g/mol. The monoisotopic (exact) mass is 313 g/mol. The van der Waals surface area contributed by atoms with E-state index in [1.54, 1.807) is 6.08 Å². The first-order chi connectivity index (χ1) is 10.6. The van der Waals surface area contributed by atoms with E-state index < -0.39 is 6.10 Å². The zero-order chi connectivity index (χ0) is 16.6. The van der Waals surface area contributed by atoms with Gasteiger partial charge in [-0.05, 0) is 44.9 Å². The van der Waals surface area contributed by atoms with Crippen molar-refractivity contribution in [1.29, 1.82) is 0 Å². The number of nitrogens with one attached hydrogen (secondary N) is 1. The molecule has 0 aromatic carbocycles. The molecule has 5 nitrogen and oxygen atoms in total. The van der Waals surface area contributed by atoms with Crippen molar-refractivity contribution in [2.75, 3.05) is 13.2 Å². The molecule has 0 rings (SSSR count). The van der Waals surface area contributed by atoms with Gasteiger partial charge in [-0.25, -0.2) is 0 Å². The highest BCUT2D eigenvalue weighted by atomic mass is 16.3. The Hall–Kier alpha value is -1.17. The molecule has 0 aliphatic heterocycles. The van der Waals surface area contributed by atoms with E-state index in [9.17, 15) is 15.0 Å². The molecule has 4 N–H and O–H groups in total. The number of carbonyl (C=O) groups excluding carboxylic acids is 1. The van der Waals surface area contributed by atoms with Crippen LogP contribution < -0.4 is 5.32 Å². The van der Waals surface area contributed by atoms with Gasteiger partial charge in [0.25, 0.3) is 0 Å². The Labute approximate surface area is 133 Å². The Kier molecular flexibility index (Phi) is 14.0. The molecule has 2 unspecified atom stereocenters. The Morgan fingerprint density at radius 3 is 2.50 bits per heavy atom. The third kappa shape index (κ3) is 13.8. The molecule has 5 heteroatoms. The fourth-order valence-corrected chi connectivity index (χ4v) is 2.01. The summed E-state index contributed by atoms with van der Waals surface area (Å²) in [7, 11) is 0. The van der Waals surface area contributed by atoms with Gasteiger partial charge in [0, 0.05) is 13.0 Å². The van der Waals surface area contributed by atoms with Crippen LogP contribution in [0.3, 0.4) is 0 Å². The van der Waals surface area contributed by atoms with Crippen LogP contribution in [0.15, 0.2) is 24.8 Å². The van der Waals surface area contributed by atoms with Crippen LogP contribution in [0.25, 0.3) is 0 Å². The van der Waals surface area contributed by atoms with Crippen LogP contribution in [0.4, 0.5) is 0 Å². The van der Waals surface area contributed by atoms with Gasteiger partial charge in [0.1, 0.15) is 0 Å². The first kappa shape index (κ1) is 20.8. The number of amides is 1. The van der Waals surface area contributed by atoms with Crippen molar-refractivity contribution in [3.63, 3.8) is 0 Å². The lowest BCUT2D eigenvalue weighted by atomic mass is 10.1. The summed E-state index contributed by atoms with van der Waals surface area (Å²) in [6.45, 7) is 3.85. The minimum absolute atomic E-state index is 0.0526. The normalized spacial score (nSPS) is 14.0. The number of hydrogen-bond donors (Lipinski definition) is 4. The molecule has 0 saturated heterocycles. The molecule has 22 heavy (non-hydrogen) atoms. The molecule has 0 spiro atoms. The average molecular weight is 313 g/mol. The van der Waals surface area contributed by atoms with Crippen molar-refractivity contribution in [3.05, 3.63) is 24.8 Å². The topological polar surface area (TPSA) is 89.8 Å². The van der Waals surface area contributed by atoms with Gasteiger partial charge in [-0.3, -0.25) is 4.79 Å². The maximum absolute atomic E-state index is 11.3. The average Bonchev–Trinajstić information content (AvgIpc) is 2.50. The number of hydrogen-bond acceptors (Lipinski definition) is 4. The lowest BCUT2D eigenvalue weighted by Gasteiger charge is -2.09. The smallest absolute Gasteiger partial charge is 0.220 e. The molecule has 0 aliphatic rings. The molecule has 2 atom stereocenters. The van der Waals surface area contributed by atoms with E-state index in [-0.39, 0.29) is 25.2 Å². The van der Waals surface area contributed by atoms with E-state index in [0.717, 1.165) is 19.3 Å². The molecule has 0 bridgehead atoms. The number of carbonyl (C=O) groups is 1. The van der Waals surface area contributed by atoms with Crippen LogP contribution in [0.5, 0.6) is 0 Å². The number of aliphatic hydroxyl groups is 3. The third-order valence-electron chi connectivity index (χ3n) is 3.32. The van der Waals surface area contributed by atoms with Gasteiger partial charge in [-0.1, -0.05) is 18.2 Å². The van der Waals surface area contributed by atoms with Gasteiger partial charge in [0.2, 0.25) is 5.91 Å². The van der Waals surface area contributed by atoms with Crippen LogP contribution in [-0.4, -0.2) is 46.6 Å². The summed E-state index contributed by atoms with van der Waals surface area (Å²) in [5.41, 5.74) is 0. The van der Waals surface area contributed by atoms with Crippen molar-refractivity contribution in [2.45, 2.75) is 63.6 Å². The second kappa shape index (κ2) is 14.8. The predicted molar refractivity (Wildman–Crippen MR) is 88.4 cm³/mol. The summed E-state index contributed by atoms with van der Waals surface area (Å²) in [6.07, 6.45) is 10.2. The van der Waals surface area contributed by atoms with E-state index >= 15 is 0 Å². The first-order valence-corrected chi connectivity index (χ1v) is 8.09. The minimum atomic E-state index is -0.402. The van der Waals surface area contributed by atoms with Crippen molar-refractivity contribution in [1.82, 2.24) is 5.32 Å². The second-order valence-corrected chi connectivity index (χ2v) is 5.42. The van der Waals surface area contributed by atoms with Gasteiger partial charge in [0.15, 0.2) is 0 Å². The van der Waals surface area contributed by atoms with Gasteiger partial charge in [-0.2, -0.15) is 0 Å². The van der Waals surface area contributed by atoms with Crippen LogP contribution in [0.1, 0.15) is 51.4 Å². The predicted octanol–water partition coefficient (Wildman–Crippen LogP) is 1.68. The van der Waals surface area contributed by atoms with E-state index in [1.807, 2.05) is 12.2 Å². The standard InChI is InChI=1S/C17H31NO4/c1-2-3-8-15(20)9-5-4-6-10-16(21)11-7-12-17(22)18-13-14-19/h2,4-5,15-16,19-21H,1,3,6-14H2,(H,18,22)/b5-4+. The van der Waals surface area contributed by atoms with Gasteiger partial charge >= 0.3 is 0 Å².